The molecule has 0 aliphatic heterocycles. The van der Waals surface area contributed by atoms with E-state index in [4.69, 9.17) is 0 Å². The first-order chi connectivity index (χ1) is 0. The van der Waals surface area contributed by atoms with Crippen LogP contribution in [0.3, 0.4) is 0 Å². The van der Waals surface area contributed by atoms with Gasteiger partial charge in [-0.05, 0) is 0 Å². The molecular weight excluding hydrogens is 114 g/mol. The molecule has 0 bridgehead atoms. The van der Waals surface area contributed by atoms with Gasteiger partial charge in [0.25, 0.3) is 0 Å². The molecule has 0 amide bonds. The van der Waals surface area contributed by atoms with Gasteiger partial charge in [-0.15, -0.1) is 12.4 Å². The molecule has 2 N–H and O–H groups in total. The van der Waals surface area contributed by atoms with E-state index >= 15 is 0 Å². The first-order valence-electron chi connectivity index (χ1n) is 0. The Hall–Kier alpha value is 2.89. The second kappa shape index (κ2) is 16.9. The summed E-state index contributed by atoms with van der Waals surface area (Å²) in [6, 6.07) is 0. The summed E-state index contributed by atoms with van der Waals surface area (Å²) >= 11 is 0. The molecule has 0 rings (SSSR count). The van der Waals surface area contributed by atoms with Gasteiger partial charge in [0.2, 0.25) is 0 Å². The van der Waals surface area contributed by atoms with Crippen LogP contribution in [0.1, 0.15) is 0 Å². The van der Waals surface area contributed by atoms with Gasteiger partial charge in [0.15, 0.2) is 0 Å². The van der Waals surface area contributed by atoms with Crippen LogP contribution in [0.15, 0.2) is 0 Å². The standard InChI is InChI=1S/ClH.K.Na.H2O/h1H;;;1H2/q;2*+1;. The predicted octanol–water partition coefficient (Wildman–Crippen LogP) is -6.39. The molecule has 0 aromatic carbocycles. The van der Waals surface area contributed by atoms with Gasteiger partial charge in [0, 0.05) is 0 Å². The molecule has 0 unspecified atom stereocenters. The van der Waals surface area contributed by atoms with E-state index in [0.717, 1.165) is 0 Å². The van der Waals surface area contributed by atoms with Crippen LogP contribution in [0.2, 0.25) is 0 Å². The molecule has 1 nitrogen and oxygen atoms in total. The molecule has 0 atom stereocenters. The fraction of sp³-hybridized carbons (Fsp3) is 0. The van der Waals surface area contributed by atoms with Gasteiger partial charge < -0.3 is 5.48 Å². The molecular formula is H3ClKNaO+2. The molecule has 0 fully saturated rings. The van der Waals surface area contributed by atoms with E-state index in [1.165, 1.54) is 0 Å². The van der Waals surface area contributed by atoms with Crippen molar-refractivity contribution in [1.82, 2.24) is 0 Å². The van der Waals surface area contributed by atoms with Crippen molar-refractivity contribution in [2.24, 2.45) is 0 Å². The Kier molecular flexibility index (Phi) is 121. The van der Waals surface area contributed by atoms with Crippen molar-refractivity contribution < 1.29 is 86.4 Å². The third-order valence-corrected chi connectivity index (χ3v) is 0. The molecule has 4 heteroatoms. The van der Waals surface area contributed by atoms with Gasteiger partial charge >= 0.3 is 80.9 Å². The monoisotopic (exact) mass is 116 g/mol. The third kappa shape index (κ3) is 8.86. The van der Waals surface area contributed by atoms with Crippen LogP contribution in [0.4, 0.5) is 0 Å². The van der Waals surface area contributed by atoms with Crippen LogP contribution in [-0.2, 0) is 0 Å². The van der Waals surface area contributed by atoms with Crippen molar-refractivity contribution in [2.45, 2.75) is 0 Å². The van der Waals surface area contributed by atoms with Crippen molar-refractivity contribution in [3.63, 3.8) is 0 Å². The number of rotatable bonds is 0. The normalized spacial score (nSPS) is 0. The van der Waals surface area contributed by atoms with Crippen molar-refractivity contribution >= 4 is 12.4 Å². The van der Waals surface area contributed by atoms with Crippen molar-refractivity contribution in [2.75, 3.05) is 0 Å². The summed E-state index contributed by atoms with van der Waals surface area (Å²) in [4.78, 5) is 0. The topological polar surface area (TPSA) is 31.5 Å². The van der Waals surface area contributed by atoms with E-state index in [1.807, 2.05) is 0 Å². The minimum Gasteiger partial charge on any atom is -0.412 e. The van der Waals surface area contributed by atoms with Crippen LogP contribution in [0.5, 0.6) is 0 Å². The van der Waals surface area contributed by atoms with E-state index in [-0.39, 0.29) is 98.8 Å². The molecule has 0 heterocycles. The molecule has 0 aliphatic rings. The number of hydrogen-bond donors (Lipinski definition) is 0. The zero-order valence-electron chi connectivity index (χ0n) is 2.91. The Morgan fingerprint density at radius 3 is 1.00 bits per heavy atom. The summed E-state index contributed by atoms with van der Waals surface area (Å²) in [5.74, 6) is 0. The zero-order valence-corrected chi connectivity index (χ0v) is 8.85. The maximum absolute atomic E-state index is 0. The Morgan fingerprint density at radius 1 is 1.00 bits per heavy atom. The molecule has 0 aromatic heterocycles. The summed E-state index contributed by atoms with van der Waals surface area (Å²) in [5, 5.41) is 0. The molecule has 0 saturated carbocycles. The third-order valence-electron chi connectivity index (χ3n) is 0. The molecule has 16 valence electrons. The van der Waals surface area contributed by atoms with Crippen molar-refractivity contribution in [1.29, 1.82) is 0 Å². The molecule has 4 heavy (non-hydrogen) atoms. The van der Waals surface area contributed by atoms with Crippen molar-refractivity contribution in [3.8, 4) is 0 Å². The van der Waals surface area contributed by atoms with Gasteiger partial charge in [-0.1, -0.05) is 0 Å². The van der Waals surface area contributed by atoms with E-state index < -0.39 is 0 Å². The van der Waals surface area contributed by atoms with Crippen molar-refractivity contribution in [3.05, 3.63) is 0 Å². The second-order valence-corrected chi connectivity index (χ2v) is 0. The Morgan fingerprint density at radius 2 is 1.00 bits per heavy atom. The van der Waals surface area contributed by atoms with E-state index in [0.29, 0.717) is 0 Å². The first-order valence-corrected chi connectivity index (χ1v) is 0. The Bertz CT molecular complexity index is 8.00. The van der Waals surface area contributed by atoms with Crippen LogP contribution < -0.4 is 80.9 Å². The summed E-state index contributed by atoms with van der Waals surface area (Å²) in [6.07, 6.45) is 0. The van der Waals surface area contributed by atoms with E-state index in [1.54, 1.807) is 0 Å². The quantitative estimate of drug-likeness (QED) is 0.282. The van der Waals surface area contributed by atoms with Gasteiger partial charge in [-0.3, -0.25) is 0 Å². The summed E-state index contributed by atoms with van der Waals surface area (Å²) in [5.41, 5.74) is 0. The fourth-order valence-electron chi connectivity index (χ4n) is 0. The Labute approximate surface area is 96.3 Å². The minimum absolute atomic E-state index is 0. The molecule has 0 aliphatic carbocycles. The number of halogens is 1. The molecule has 0 aromatic rings. The maximum Gasteiger partial charge on any atom is 1.00 e. The fourth-order valence-corrected chi connectivity index (χ4v) is 0. The molecule has 0 saturated heterocycles. The number of hydrogen-bond acceptors (Lipinski definition) is 0. The van der Waals surface area contributed by atoms with Crippen LogP contribution in [0, 0.1) is 0 Å². The summed E-state index contributed by atoms with van der Waals surface area (Å²) in [6.45, 7) is 0. The van der Waals surface area contributed by atoms with E-state index in [9.17, 15) is 0 Å². The SMILES string of the molecule is Cl.O.[K+].[Na+]. The first kappa shape index (κ1) is 28.6. The second-order valence-electron chi connectivity index (χ2n) is 0. The van der Waals surface area contributed by atoms with Gasteiger partial charge in [-0.2, -0.15) is 0 Å². The van der Waals surface area contributed by atoms with Crippen LogP contribution in [0.25, 0.3) is 0 Å². The predicted molar refractivity (Wildman–Crippen MR) is 10.9 cm³/mol. The zero-order chi connectivity index (χ0) is 0. The summed E-state index contributed by atoms with van der Waals surface area (Å²) in [7, 11) is 0. The smallest absolute Gasteiger partial charge is 0.412 e. The van der Waals surface area contributed by atoms with Gasteiger partial charge in [-0.25, -0.2) is 0 Å². The summed E-state index contributed by atoms with van der Waals surface area (Å²) < 4.78 is 0. The average Bonchev–Trinajstić information content (AvgIpc) is 0. The Balaban J connectivity index is 0. The van der Waals surface area contributed by atoms with Crippen LogP contribution >= 0.6 is 12.4 Å². The largest absolute Gasteiger partial charge is 1.00 e. The maximum atomic E-state index is 0. The molecule has 0 radical (unpaired) electrons. The van der Waals surface area contributed by atoms with E-state index in [2.05, 4.69) is 0 Å². The molecule has 0 spiro atoms. The van der Waals surface area contributed by atoms with Gasteiger partial charge in [0.1, 0.15) is 0 Å². The van der Waals surface area contributed by atoms with Gasteiger partial charge in [0.05, 0.1) is 0 Å². The average molecular weight is 117 g/mol. The van der Waals surface area contributed by atoms with Crippen LogP contribution in [-0.4, -0.2) is 5.48 Å². The minimum atomic E-state index is 0.